The monoisotopic (exact) mass is 496 g/mol. The van der Waals surface area contributed by atoms with Crippen LogP contribution < -0.4 is 5.32 Å². The minimum atomic E-state index is -1.20. The van der Waals surface area contributed by atoms with E-state index in [-0.39, 0.29) is 17.9 Å². The first kappa shape index (κ1) is 22.2. The zero-order valence-corrected chi connectivity index (χ0v) is 19.8. The number of amides is 2. The average molecular weight is 497 g/mol. The van der Waals surface area contributed by atoms with Crippen molar-refractivity contribution < 1.29 is 14.7 Å². The number of hydrogen-bond donors (Lipinski definition) is 3. The highest BCUT2D eigenvalue weighted by atomic mass is 79.9. The molecule has 8 heteroatoms. The van der Waals surface area contributed by atoms with Gasteiger partial charge in [0.1, 0.15) is 11.9 Å². The Morgan fingerprint density at radius 3 is 2.78 bits per heavy atom. The maximum absolute atomic E-state index is 13.2. The average Bonchev–Trinajstić information content (AvgIpc) is 3.38. The van der Waals surface area contributed by atoms with Gasteiger partial charge in [-0.05, 0) is 43.9 Å². The van der Waals surface area contributed by atoms with Crippen LogP contribution in [0.2, 0.25) is 0 Å². The van der Waals surface area contributed by atoms with Crippen molar-refractivity contribution >= 4 is 49.7 Å². The third kappa shape index (κ3) is 4.05. The molecule has 0 unspecified atom stereocenters. The lowest BCUT2D eigenvalue weighted by Crippen LogP contribution is -2.50. The Labute approximate surface area is 194 Å². The number of halogens is 1. The van der Waals surface area contributed by atoms with Crippen molar-refractivity contribution in [2.75, 3.05) is 6.54 Å². The van der Waals surface area contributed by atoms with E-state index in [9.17, 15) is 14.7 Å². The van der Waals surface area contributed by atoms with Gasteiger partial charge in [0, 0.05) is 27.4 Å². The van der Waals surface area contributed by atoms with Gasteiger partial charge in [0.05, 0.1) is 17.1 Å². The molecule has 1 aromatic heterocycles. The van der Waals surface area contributed by atoms with Crippen LogP contribution >= 0.6 is 15.9 Å². The van der Waals surface area contributed by atoms with Crippen LogP contribution in [0.3, 0.4) is 0 Å². The molecule has 1 saturated heterocycles. The van der Waals surface area contributed by atoms with Crippen LogP contribution in [0.1, 0.15) is 51.0 Å². The fourth-order valence-electron chi connectivity index (χ4n) is 4.42. The Kier molecular flexibility index (Phi) is 6.11. The molecular weight excluding hydrogens is 472 g/mol. The lowest BCUT2D eigenvalue weighted by atomic mass is 10.0. The van der Waals surface area contributed by atoms with Gasteiger partial charge in [-0.25, -0.2) is 9.78 Å². The van der Waals surface area contributed by atoms with Crippen LogP contribution in [0, 0.1) is 17.8 Å². The van der Waals surface area contributed by atoms with E-state index in [0.29, 0.717) is 6.54 Å². The summed E-state index contributed by atoms with van der Waals surface area (Å²) in [7, 11) is 0. The van der Waals surface area contributed by atoms with E-state index in [1.807, 2.05) is 45.0 Å². The predicted octanol–water partition coefficient (Wildman–Crippen LogP) is 4.81. The van der Waals surface area contributed by atoms with Crippen molar-refractivity contribution in [1.29, 1.82) is 0 Å². The van der Waals surface area contributed by atoms with E-state index in [4.69, 9.17) is 4.98 Å². The molecule has 2 aromatic carbocycles. The van der Waals surface area contributed by atoms with Crippen molar-refractivity contribution in [3.8, 4) is 11.8 Å². The molecular formula is C24H25BrN4O3. The molecule has 1 aliphatic rings. The van der Waals surface area contributed by atoms with E-state index >= 15 is 0 Å². The predicted molar refractivity (Wildman–Crippen MR) is 127 cm³/mol. The minimum Gasteiger partial charge on any atom is -0.465 e. The van der Waals surface area contributed by atoms with Crippen molar-refractivity contribution in [1.82, 2.24) is 20.2 Å². The van der Waals surface area contributed by atoms with Crippen LogP contribution in [0.5, 0.6) is 0 Å². The number of hydrogen-bond acceptors (Lipinski definition) is 3. The summed E-state index contributed by atoms with van der Waals surface area (Å²) in [5.41, 5.74) is 2.61. The molecule has 3 N–H and O–H groups in total. The SMILES string of the molecule is CC#Cc1cc2nc([C@@H]3CCCN3C(=O)[C@@H](NC(=O)O)C(C)C)[nH]c2c2ccc(Br)cc12. The highest BCUT2D eigenvalue weighted by Crippen LogP contribution is 2.35. The number of nitrogens with zero attached hydrogens (tertiary/aromatic N) is 2. The minimum absolute atomic E-state index is 0.159. The number of imidazole rings is 1. The van der Waals surface area contributed by atoms with E-state index in [1.54, 1.807) is 4.90 Å². The van der Waals surface area contributed by atoms with Crippen molar-refractivity contribution in [3.05, 3.63) is 40.1 Å². The van der Waals surface area contributed by atoms with E-state index in [2.05, 4.69) is 38.1 Å². The summed E-state index contributed by atoms with van der Waals surface area (Å²) >= 11 is 3.54. The van der Waals surface area contributed by atoms with Crippen molar-refractivity contribution in [2.45, 2.75) is 45.7 Å². The first-order valence-corrected chi connectivity index (χ1v) is 11.4. The molecule has 2 amide bonds. The summed E-state index contributed by atoms with van der Waals surface area (Å²) in [6, 6.07) is 7.03. The molecule has 3 aromatic rings. The lowest BCUT2D eigenvalue weighted by Gasteiger charge is -2.29. The molecule has 7 nitrogen and oxygen atoms in total. The zero-order valence-electron chi connectivity index (χ0n) is 18.2. The number of H-pyrrole nitrogens is 1. The fourth-order valence-corrected chi connectivity index (χ4v) is 4.78. The van der Waals surface area contributed by atoms with Crippen LogP contribution in [0.4, 0.5) is 4.79 Å². The third-order valence-electron chi connectivity index (χ3n) is 5.90. The second-order valence-electron chi connectivity index (χ2n) is 8.37. The van der Waals surface area contributed by atoms with Gasteiger partial charge in [0.25, 0.3) is 0 Å². The zero-order chi connectivity index (χ0) is 23.0. The van der Waals surface area contributed by atoms with Gasteiger partial charge in [0.2, 0.25) is 5.91 Å². The van der Waals surface area contributed by atoms with Gasteiger partial charge in [-0.2, -0.15) is 0 Å². The maximum atomic E-state index is 13.2. The van der Waals surface area contributed by atoms with Crippen molar-refractivity contribution in [3.63, 3.8) is 0 Å². The largest absolute Gasteiger partial charge is 0.465 e. The van der Waals surface area contributed by atoms with E-state index in [0.717, 1.165) is 50.5 Å². The molecule has 4 rings (SSSR count). The summed E-state index contributed by atoms with van der Waals surface area (Å²) in [5, 5.41) is 13.6. The number of carbonyl (C=O) groups excluding carboxylic acids is 1. The molecule has 2 heterocycles. The topological polar surface area (TPSA) is 98.3 Å². The van der Waals surface area contributed by atoms with Gasteiger partial charge in [0.15, 0.2) is 0 Å². The summed E-state index contributed by atoms with van der Waals surface area (Å²) < 4.78 is 0.974. The maximum Gasteiger partial charge on any atom is 0.405 e. The van der Waals surface area contributed by atoms with Gasteiger partial charge in [-0.1, -0.05) is 41.8 Å². The molecule has 0 radical (unpaired) electrons. The Hall–Kier alpha value is -3.05. The highest BCUT2D eigenvalue weighted by Gasteiger charge is 2.37. The van der Waals surface area contributed by atoms with Gasteiger partial charge < -0.3 is 20.3 Å². The standard InChI is InChI=1S/C24H25BrN4O3/c1-4-6-14-11-18-21(16-9-8-15(25)12-17(14)16)27-22(26-18)19-7-5-10-29(19)23(30)20(13(2)3)28-24(31)32/h8-9,11-13,19-20,28H,5,7,10H2,1-3H3,(H,26,27)(H,31,32)/t19-,20-/m0/s1. The molecule has 2 atom stereocenters. The number of aromatic amines is 1. The quantitative estimate of drug-likeness (QED) is 0.451. The molecule has 1 aliphatic heterocycles. The number of likely N-dealkylation sites (tertiary alicyclic amines) is 1. The summed E-state index contributed by atoms with van der Waals surface area (Å²) in [6.45, 7) is 6.06. The highest BCUT2D eigenvalue weighted by molar-refractivity contribution is 9.10. The molecule has 32 heavy (non-hydrogen) atoms. The van der Waals surface area contributed by atoms with Crippen LogP contribution in [-0.4, -0.2) is 44.6 Å². The van der Waals surface area contributed by atoms with E-state index in [1.165, 1.54) is 0 Å². The molecule has 1 fully saturated rings. The van der Waals surface area contributed by atoms with Crippen LogP contribution in [0.15, 0.2) is 28.7 Å². The number of carboxylic acid groups (broad SMARTS) is 1. The molecule has 0 bridgehead atoms. The number of nitrogens with one attached hydrogen (secondary N) is 2. The second kappa shape index (κ2) is 8.83. The first-order valence-electron chi connectivity index (χ1n) is 10.6. The number of aromatic nitrogens is 2. The normalized spacial score (nSPS) is 16.9. The Morgan fingerprint density at radius 1 is 1.31 bits per heavy atom. The summed E-state index contributed by atoms with van der Waals surface area (Å²) in [4.78, 5) is 34.5. The molecule has 0 saturated carbocycles. The Balaban J connectivity index is 1.77. The second-order valence-corrected chi connectivity index (χ2v) is 9.28. The van der Waals surface area contributed by atoms with E-state index < -0.39 is 12.1 Å². The summed E-state index contributed by atoms with van der Waals surface area (Å²) in [6.07, 6.45) is 0.416. The number of benzene rings is 2. The van der Waals surface area contributed by atoms with Crippen molar-refractivity contribution in [2.24, 2.45) is 5.92 Å². The van der Waals surface area contributed by atoms with Crippen LogP contribution in [0.25, 0.3) is 21.8 Å². The first-order chi connectivity index (χ1) is 15.3. The van der Waals surface area contributed by atoms with Gasteiger partial charge >= 0.3 is 6.09 Å². The number of fused-ring (bicyclic) bond motifs is 3. The Bertz CT molecular complexity index is 1270. The molecule has 166 valence electrons. The molecule has 0 spiro atoms. The van der Waals surface area contributed by atoms with Gasteiger partial charge in [-0.3, -0.25) is 4.79 Å². The van der Waals surface area contributed by atoms with Crippen LogP contribution in [-0.2, 0) is 4.79 Å². The third-order valence-corrected chi connectivity index (χ3v) is 6.39. The molecule has 0 aliphatic carbocycles. The fraction of sp³-hybridized carbons (Fsp3) is 0.375. The lowest BCUT2D eigenvalue weighted by molar-refractivity contribution is -0.135. The smallest absolute Gasteiger partial charge is 0.405 e. The van der Waals surface area contributed by atoms with Gasteiger partial charge in [-0.15, -0.1) is 5.92 Å². The Morgan fingerprint density at radius 2 is 2.09 bits per heavy atom. The summed E-state index contributed by atoms with van der Waals surface area (Å²) in [5.74, 6) is 6.49. The number of carbonyl (C=O) groups is 2. The number of rotatable bonds is 4.